The Morgan fingerprint density at radius 2 is 2.10 bits per heavy atom. The molecule has 0 unspecified atom stereocenters. The highest BCUT2D eigenvalue weighted by molar-refractivity contribution is 5.78. The molecule has 1 aliphatic heterocycles. The number of aromatic nitrogens is 1. The summed E-state index contributed by atoms with van der Waals surface area (Å²) in [6, 6.07) is 3.77. The zero-order chi connectivity index (χ0) is 15.1. The predicted molar refractivity (Wildman–Crippen MR) is 77.6 cm³/mol. The average molecular weight is 291 g/mol. The van der Waals surface area contributed by atoms with E-state index in [-0.39, 0.29) is 18.9 Å². The van der Waals surface area contributed by atoms with E-state index in [1.807, 2.05) is 21.9 Å². The molecule has 0 saturated carbocycles. The summed E-state index contributed by atoms with van der Waals surface area (Å²) in [6.07, 6.45) is 5.59. The molecule has 1 N–H and O–H groups in total. The van der Waals surface area contributed by atoms with Gasteiger partial charge < -0.3 is 10.0 Å². The highest BCUT2D eigenvalue weighted by atomic mass is 16.4. The zero-order valence-corrected chi connectivity index (χ0v) is 12.1. The van der Waals surface area contributed by atoms with Crippen LogP contribution in [0.4, 0.5) is 0 Å². The van der Waals surface area contributed by atoms with Crippen molar-refractivity contribution in [1.29, 1.82) is 0 Å². The zero-order valence-electron chi connectivity index (χ0n) is 12.1. The van der Waals surface area contributed by atoms with Crippen LogP contribution < -0.4 is 0 Å². The van der Waals surface area contributed by atoms with Crippen molar-refractivity contribution in [2.24, 2.45) is 0 Å². The molecule has 1 saturated heterocycles. The van der Waals surface area contributed by atoms with Crippen LogP contribution in [0.15, 0.2) is 24.5 Å². The number of hydrogen-bond donors (Lipinski definition) is 1. The van der Waals surface area contributed by atoms with Crippen LogP contribution in [0.1, 0.15) is 24.8 Å². The third-order valence-electron chi connectivity index (χ3n) is 3.59. The fourth-order valence-electron chi connectivity index (χ4n) is 2.48. The summed E-state index contributed by atoms with van der Waals surface area (Å²) in [5.74, 6) is -0.762. The minimum absolute atomic E-state index is 0.0353. The minimum Gasteiger partial charge on any atom is -0.481 e. The van der Waals surface area contributed by atoms with Crippen LogP contribution in [0, 0.1) is 0 Å². The molecule has 1 aromatic heterocycles. The Hall–Kier alpha value is -1.95. The van der Waals surface area contributed by atoms with Gasteiger partial charge in [0.2, 0.25) is 5.91 Å². The first-order chi connectivity index (χ1) is 10.1. The molecule has 0 radical (unpaired) electrons. The maximum atomic E-state index is 12.2. The first-order valence-electron chi connectivity index (χ1n) is 7.26. The average Bonchev–Trinajstić information content (AvgIpc) is 3.00. The molecular weight excluding hydrogens is 270 g/mol. The van der Waals surface area contributed by atoms with Gasteiger partial charge in [-0.15, -0.1) is 0 Å². The van der Waals surface area contributed by atoms with Crippen molar-refractivity contribution in [2.75, 3.05) is 26.2 Å². The number of hydrogen-bond acceptors (Lipinski definition) is 4. The molecule has 2 heterocycles. The normalized spacial score (nSPS) is 14.6. The van der Waals surface area contributed by atoms with E-state index in [4.69, 9.17) is 5.11 Å². The minimum atomic E-state index is -0.847. The number of aliphatic carboxylic acids is 1. The summed E-state index contributed by atoms with van der Waals surface area (Å²) < 4.78 is 0. The number of rotatable bonds is 7. The van der Waals surface area contributed by atoms with Gasteiger partial charge in [-0.3, -0.25) is 19.5 Å². The van der Waals surface area contributed by atoms with Gasteiger partial charge in [-0.05, 0) is 24.5 Å². The Morgan fingerprint density at radius 1 is 1.33 bits per heavy atom. The number of likely N-dealkylation sites (tertiary alicyclic amines) is 1. The van der Waals surface area contributed by atoms with Crippen LogP contribution in [0.25, 0.3) is 0 Å². The SMILES string of the molecule is O=C(O)CCN(CC(=O)N1CCCC1)Cc1cccnc1. The molecule has 0 spiro atoms. The van der Waals surface area contributed by atoms with Gasteiger partial charge in [-0.25, -0.2) is 0 Å². The molecule has 1 amide bonds. The van der Waals surface area contributed by atoms with Crippen LogP contribution >= 0.6 is 0 Å². The topological polar surface area (TPSA) is 73.7 Å². The number of pyridine rings is 1. The Labute approximate surface area is 124 Å². The molecule has 1 aromatic rings. The van der Waals surface area contributed by atoms with Gasteiger partial charge in [0.15, 0.2) is 0 Å². The number of carboxylic acid groups (broad SMARTS) is 1. The summed E-state index contributed by atoms with van der Waals surface area (Å²) in [6.45, 7) is 2.81. The Balaban J connectivity index is 1.94. The Kier molecular flexibility index (Phi) is 5.68. The molecule has 0 aliphatic carbocycles. The molecule has 0 bridgehead atoms. The third-order valence-corrected chi connectivity index (χ3v) is 3.59. The predicted octanol–water partition coefficient (Wildman–Crippen LogP) is 0.981. The number of carbonyl (C=O) groups excluding carboxylic acids is 1. The number of nitrogens with zero attached hydrogens (tertiary/aromatic N) is 3. The maximum Gasteiger partial charge on any atom is 0.304 e. The number of amides is 1. The summed E-state index contributed by atoms with van der Waals surface area (Å²) in [4.78, 5) is 30.8. The third kappa shape index (κ3) is 5.15. The van der Waals surface area contributed by atoms with E-state index in [0.717, 1.165) is 31.5 Å². The molecule has 114 valence electrons. The number of carboxylic acids is 1. The van der Waals surface area contributed by atoms with Gasteiger partial charge in [0.1, 0.15) is 0 Å². The van der Waals surface area contributed by atoms with E-state index < -0.39 is 5.97 Å². The molecule has 0 atom stereocenters. The van der Waals surface area contributed by atoms with Gasteiger partial charge >= 0.3 is 5.97 Å². The highest BCUT2D eigenvalue weighted by Crippen LogP contribution is 2.10. The summed E-state index contributed by atoms with van der Waals surface area (Å²) >= 11 is 0. The van der Waals surface area contributed by atoms with Crippen LogP contribution in [-0.4, -0.2) is 57.9 Å². The lowest BCUT2D eigenvalue weighted by molar-refractivity contribution is -0.138. The lowest BCUT2D eigenvalue weighted by Crippen LogP contribution is -2.39. The summed E-state index contributed by atoms with van der Waals surface area (Å²) in [7, 11) is 0. The van der Waals surface area contributed by atoms with Crippen molar-refractivity contribution in [3.05, 3.63) is 30.1 Å². The van der Waals surface area contributed by atoms with E-state index in [0.29, 0.717) is 13.1 Å². The number of carbonyl (C=O) groups is 2. The standard InChI is InChI=1S/C15H21N3O3/c19-14(18-7-1-2-8-18)12-17(9-5-15(20)21)11-13-4-3-6-16-10-13/h3-4,6,10H,1-2,5,7-9,11-12H2,(H,20,21). The van der Waals surface area contributed by atoms with Crippen LogP contribution in [-0.2, 0) is 16.1 Å². The second-order valence-electron chi connectivity index (χ2n) is 5.30. The van der Waals surface area contributed by atoms with Gasteiger partial charge in [-0.1, -0.05) is 6.07 Å². The lowest BCUT2D eigenvalue weighted by atomic mass is 10.2. The van der Waals surface area contributed by atoms with E-state index >= 15 is 0 Å². The molecule has 21 heavy (non-hydrogen) atoms. The van der Waals surface area contributed by atoms with E-state index in [9.17, 15) is 9.59 Å². The highest BCUT2D eigenvalue weighted by Gasteiger charge is 2.20. The first kappa shape index (κ1) is 15.4. The molecule has 1 fully saturated rings. The summed E-state index contributed by atoms with van der Waals surface area (Å²) in [5.41, 5.74) is 0.983. The van der Waals surface area contributed by atoms with Gasteiger partial charge in [0.25, 0.3) is 0 Å². The smallest absolute Gasteiger partial charge is 0.304 e. The van der Waals surface area contributed by atoms with E-state index in [2.05, 4.69) is 4.98 Å². The molecular formula is C15H21N3O3. The quantitative estimate of drug-likeness (QED) is 0.810. The fourth-order valence-corrected chi connectivity index (χ4v) is 2.48. The van der Waals surface area contributed by atoms with Gasteiger partial charge in [-0.2, -0.15) is 0 Å². The van der Waals surface area contributed by atoms with Crippen molar-refractivity contribution in [3.63, 3.8) is 0 Å². The van der Waals surface area contributed by atoms with Crippen molar-refractivity contribution >= 4 is 11.9 Å². The Morgan fingerprint density at radius 3 is 2.71 bits per heavy atom. The Bertz CT molecular complexity index is 472. The van der Waals surface area contributed by atoms with Crippen LogP contribution in [0.5, 0.6) is 0 Å². The largest absolute Gasteiger partial charge is 0.481 e. The van der Waals surface area contributed by atoms with Gasteiger partial charge in [0.05, 0.1) is 13.0 Å². The first-order valence-corrected chi connectivity index (χ1v) is 7.26. The second kappa shape index (κ2) is 7.73. The maximum absolute atomic E-state index is 12.2. The monoisotopic (exact) mass is 291 g/mol. The van der Waals surface area contributed by atoms with Gasteiger partial charge in [0, 0.05) is 38.6 Å². The summed E-state index contributed by atoms with van der Waals surface area (Å²) in [5, 5.41) is 8.84. The van der Waals surface area contributed by atoms with Crippen LogP contribution in [0.2, 0.25) is 0 Å². The second-order valence-corrected chi connectivity index (χ2v) is 5.30. The molecule has 1 aliphatic rings. The fraction of sp³-hybridized carbons (Fsp3) is 0.533. The lowest BCUT2D eigenvalue weighted by Gasteiger charge is -2.24. The van der Waals surface area contributed by atoms with Crippen molar-refractivity contribution in [1.82, 2.24) is 14.8 Å². The molecule has 6 nitrogen and oxygen atoms in total. The molecule has 2 rings (SSSR count). The van der Waals surface area contributed by atoms with Crippen molar-refractivity contribution in [2.45, 2.75) is 25.8 Å². The van der Waals surface area contributed by atoms with E-state index in [1.54, 1.807) is 12.4 Å². The van der Waals surface area contributed by atoms with E-state index in [1.165, 1.54) is 0 Å². The van der Waals surface area contributed by atoms with Crippen molar-refractivity contribution < 1.29 is 14.7 Å². The van der Waals surface area contributed by atoms with Crippen molar-refractivity contribution in [3.8, 4) is 0 Å². The van der Waals surface area contributed by atoms with Crippen LogP contribution in [0.3, 0.4) is 0 Å². The molecule has 0 aromatic carbocycles. The molecule has 6 heteroatoms.